The maximum Gasteiger partial charge on any atom is 0.123 e. The van der Waals surface area contributed by atoms with Gasteiger partial charge in [0.05, 0.1) is 12.2 Å². The molecule has 0 aliphatic heterocycles. The van der Waals surface area contributed by atoms with Crippen molar-refractivity contribution in [1.82, 2.24) is 9.55 Å². The second-order valence-electron chi connectivity index (χ2n) is 5.57. The molecule has 2 N–H and O–H groups in total. The predicted octanol–water partition coefficient (Wildman–Crippen LogP) is 2.61. The van der Waals surface area contributed by atoms with Crippen LogP contribution in [0.15, 0.2) is 24.3 Å². The molecule has 0 bridgehead atoms. The molecule has 0 atom stereocenters. The Labute approximate surface area is 125 Å². The van der Waals surface area contributed by atoms with E-state index in [1.807, 2.05) is 24.3 Å². The lowest BCUT2D eigenvalue weighted by molar-refractivity contribution is 0.292. The molecule has 0 saturated carbocycles. The van der Waals surface area contributed by atoms with Gasteiger partial charge in [0.25, 0.3) is 0 Å². The van der Waals surface area contributed by atoms with Gasteiger partial charge in [-0.1, -0.05) is 18.2 Å². The van der Waals surface area contributed by atoms with Crippen LogP contribution in [0.25, 0.3) is 0 Å². The zero-order chi connectivity index (χ0) is 14.7. The van der Waals surface area contributed by atoms with Gasteiger partial charge < -0.3 is 15.0 Å². The Morgan fingerprint density at radius 2 is 2.05 bits per heavy atom. The van der Waals surface area contributed by atoms with E-state index in [4.69, 9.17) is 15.5 Å². The van der Waals surface area contributed by atoms with Crippen LogP contribution in [0.4, 0.5) is 0 Å². The van der Waals surface area contributed by atoms with E-state index < -0.39 is 0 Å². The number of fused-ring (bicyclic) bond motifs is 1. The number of benzene rings is 1. The summed E-state index contributed by atoms with van der Waals surface area (Å²) in [6.45, 7) is 4.11. The number of nitrogens with zero attached hydrogens (tertiary/aromatic N) is 2. The smallest absolute Gasteiger partial charge is 0.123 e. The molecule has 0 spiro atoms. The van der Waals surface area contributed by atoms with Gasteiger partial charge in [-0.05, 0) is 38.7 Å². The van der Waals surface area contributed by atoms with Gasteiger partial charge in [-0.25, -0.2) is 4.98 Å². The molecule has 1 aliphatic rings. The normalized spacial score (nSPS) is 14.0. The van der Waals surface area contributed by atoms with Gasteiger partial charge in [0.1, 0.15) is 18.2 Å². The zero-order valence-corrected chi connectivity index (χ0v) is 12.6. The highest BCUT2D eigenvalue weighted by Gasteiger charge is 2.17. The molecular weight excluding hydrogens is 262 g/mol. The Morgan fingerprint density at radius 1 is 1.24 bits per heavy atom. The van der Waals surface area contributed by atoms with E-state index in [-0.39, 0.29) is 0 Å². The topological polar surface area (TPSA) is 53.1 Å². The third-order valence-corrected chi connectivity index (χ3v) is 4.19. The van der Waals surface area contributed by atoms with E-state index in [2.05, 4.69) is 11.5 Å². The number of para-hydroxylation sites is 1. The molecule has 2 aromatic rings. The van der Waals surface area contributed by atoms with Crippen LogP contribution in [0, 0.1) is 6.92 Å². The average Bonchev–Trinajstić information content (AvgIpc) is 2.84. The van der Waals surface area contributed by atoms with Crippen LogP contribution in [0.2, 0.25) is 0 Å². The first kappa shape index (κ1) is 14.1. The lowest BCUT2D eigenvalue weighted by Crippen LogP contribution is -2.15. The highest BCUT2D eigenvalue weighted by molar-refractivity contribution is 5.33. The van der Waals surface area contributed by atoms with Gasteiger partial charge in [0, 0.05) is 17.8 Å². The maximum atomic E-state index is 5.92. The number of aryl methyl sites for hydroxylation is 2. The summed E-state index contributed by atoms with van der Waals surface area (Å²) in [4.78, 5) is 4.70. The molecule has 1 aromatic carbocycles. The summed E-state index contributed by atoms with van der Waals surface area (Å²) in [6.07, 6.45) is 4.81. The lowest BCUT2D eigenvalue weighted by Gasteiger charge is -2.16. The Balaban J connectivity index is 1.67. The van der Waals surface area contributed by atoms with Crippen molar-refractivity contribution < 1.29 is 4.74 Å². The summed E-state index contributed by atoms with van der Waals surface area (Å²) in [5, 5.41) is 0. The molecule has 0 radical (unpaired) electrons. The Bertz CT molecular complexity index is 618. The van der Waals surface area contributed by atoms with Gasteiger partial charge in [-0.3, -0.25) is 0 Å². The molecule has 1 aromatic heterocycles. The van der Waals surface area contributed by atoms with Crippen LogP contribution in [0.3, 0.4) is 0 Å². The molecule has 0 fully saturated rings. The monoisotopic (exact) mass is 285 g/mol. The molecule has 1 aliphatic carbocycles. The third-order valence-electron chi connectivity index (χ3n) is 4.19. The van der Waals surface area contributed by atoms with Gasteiger partial charge in [-0.2, -0.15) is 0 Å². The van der Waals surface area contributed by atoms with Crippen molar-refractivity contribution in [2.24, 2.45) is 5.73 Å². The van der Waals surface area contributed by atoms with Crippen molar-refractivity contribution in [2.45, 2.75) is 45.7 Å². The van der Waals surface area contributed by atoms with E-state index >= 15 is 0 Å². The third kappa shape index (κ3) is 2.95. The molecule has 3 rings (SSSR count). The summed E-state index contributed by atoms with van der Waals surface area (Å²) in [5.41, 5.74) is 9.50. The first-order valence-corrected chi connectivity index (χ1v) is 7.75. The Kier molecular flexibility index (Phi) is 4.25. The number of nitrogens with two attached hydrogens (primary N) is 1. The average molecular weight is 285 g/mol. The molecule has 112 valence electrons. The molecule has 0 amide bonds. The summed E-state index contributed by atoms with van der Waals surface area (Å²) < 4.78 is 8.24. The fraction of sp³-hybridized carbons (Fsp3) is 0.471. The molecule has 0 unspecified atom stereocenters. The number of rotatable bonds is 5. The highest BCUT2D eigenvalue weighted by atomic mass is 16.5. The van der Waals surface area contributed by atoms with Gasteiger partial charge in [-0.15, -0.1) is 0 Å². The van der Waals surface area contributed by atoms with Crippen LogP contribution in [0.1, 0.15) is 35.6 Å². The summed E-state index contributed by atoms with van der Waals surface area (Å²) in [7, 11) is 0. The predicted molar refractivity (Wildman–Crippen MR) is 83.4 cm³/mol. The number of imidazole rings is 1. The van der Waals surface area contributed by atoms with Gasteiger partial charge in [0.15, 0.2) is 0 Å². The van der Waals surface area contributed by atoms with E-state index in [0.29, 0.717) is 13.2 Å². The zero-order valence-electron chi connectivity index (χ0n) is 12.6. The van der Waals surface area contributed by atoms with Gasteiger partial charge in [0.2, 0.25) is 0 Å². The van der Waals surface area contributed by atoms with E-state index in [0.717, 1.165) is 36.5 Å². The quantitative estimate of drug-likeness (QED) is 0.918. The number of aromatic nitrogens is 2. The minimum atomic E-state index is 0.510. The Morgan fingerprint density at radius 3 is 2.90 bits per heavy atom. The van der Waals surface area contributed by atoms with E-state index in [9.17, 15) is 0 Å². The van der Waals surface area contributed by atoms with Crippen molar-refractivity contribution in [3.8, 4) is 5.75 Å². The first-order chi connectivity index (χ1) is 10.3. The van der Waals surface area contributed by atoms with Gasteiger partial charge >= 0.3 is 0 Å². The molecule has 0 saturated heterocycles. The SMILES string of the molecule is Cc1nc2c(n1CCOc1ccccc1CN)CCCC2. The van der Waals surface area contributed by atoms with Crippen LogP contribution in [-0.2, 0) is 25.9 Å². The fourth-order valence-corrected chi connectivity index (χ4v) is 3.09. The van der Waals surface area contributed by atoms with Crippen LogP contribution in [0.5, 0.6) is 5.75 Å². The second-order valence-corrected chi connectivity index (χ2v) is 5.57. The van der Waals surface area contributed by atoms with Crippen LogP contribution >= 0.6 is 0 Å². The second kappa shape index (κ2) is 6.31. The number of hydrogen-bond acceptors (Lipinski definition) is 3. The van der Waals surface area contributed by atoms with Crippen molar-refractivity contribution in [3.63, 3.8) is 0 Å². The minimum absolute atomic E-state index is 0.510. The fourth-order valence-electron chi connectivity index (χ4n) is 3.09. The van der Waals surface area contributed by atoms with E-state index in [1.54, 1.807) is 0 Å². The van der Waals surface area contributed by atoms with Crippen molar-refractivity contribution >= 4 is 0 Å². The molecule has 21 heavy (non-hydrogen) atoms. The largest absolute Gasteiger partial charge is 0.491 e. The standard InChI is InChI=1S/C17H23N3O/c1-13-19-15-7-3-4-8-16(15)20(13)10-11-21-17-9-5-2-6-14(17)12-18/h2,5-6,9H,3-4,7-8,10-12,18H2,1H3. The molecule has 4 heteroatoms. The summed E-state index contributed by atoms with van der Waals surface area (Å²) >= 11 is 0. The van der Waals surface area contributed by atoms with Crippen LogP contribution < -0.4 is 10.5 Å². The number of ether oxygens (including phenoxy) is 1. The first-order valence-electron chi connectivity index (χ1n) is 7.75. The van der Waals surface area contributed by atoms with Crippen LogP contribution in [-0.4, -0.2) is 16.2 Å². The highest BCUT2D eigenvalue weighted by Crippen LogP contribution is 2.22. The molecular formula is C17H23N3O. The van der Waals surface area contributed by atoms with Crippen molar-refractivity contribution in [3.05, 3.63) is 47.0 Å². The minimum Gasteiger partial charge on any atom is -0.491 e. The van der Waals surface area contributed by atoms with Crippen molar-refractivity contribution in [2.75, 3.05) is 6.61 Å². The molecule has 1 heterocycles. The van der Waals surface area contributed by atoms with Crippen molar-refractivity contribution in [1.29, 1.82) is 0 Å². The molecule has 4 nitrogen and oxygen atoms in total. The van der Waals surface area contributed by atoms with E-state index in [1.165, 1.54) is 24.2 Å². The number of hydrogen-bond donors (Lipinski definition) is 1. The Hall–Kier alpha value is -1.81. The maximum absolute atomic E-state index is 5.92. The summed E-state index contributed by atoms with van der Waals surface area (Å²) in [6, 6.07) is 7.97. The lowest BCUT2D eigenvalue weighted by atomic mass is 10.0. The summed E-state index contributed by atoms with van der Waals surface area (Å²) in [5.74, 6) is 2.00.